The Bertz CT molecular complexity index is 828. The summed E-state index contributed by atoms with van der Waals surface area (Å²) < 4.78 is 0. The second-order valence-corrected chi connectivity index (χ2v) is 8.14. The summed E-state index contributed by atoms with van der Waals surface area (Å²) in [6.07, 6.45) is 0. The number of nitrogens with two attached hydrogens (primary N) is 2. The number of aliphatic imine (C=N–C) groups is 2. The Morgan fingerprint density at radius 3 is 1.17 bits per heavy atom. The molecule has 2 aromatic carbocycles. The number of azo groups is 1. The zero-order valence-electron chi connectivity index (χ0n) is 17.1. The summed E-state index contributed by atoms with van der Waals surface area (Å²) >= 11 is 11.8. The third kappa shape index (κ3) is 8.11. The molecule has 2 rings (SSSR count). The minimum Gasteiger partial charge on any atom is -0.385 e. The molecule has 0 saturated carbocycles. The van der Waals surface area contributed by atoms with E-state index in [1.807, 2.05) is 27.7 Å². The van der Waals surface area contributed by atoms with E-state index in [1.54, 1.807) is 48.5 Å². The van der Waals surface area contributed by atoms with Gasteiger partial charge in [0.15, 0.2) is 0 Å². The van der Waals surface area contributed by atoms with Gasteiger partial charge in [-0.25, -0.2) is 9.98 Å². The molecular weight excluding hydrogens is 466 g/mol. The van der Waals surface area contributed by atoms with Crippen LogP contribution in [0.25, 0.3) is 0 Å². The van der Waals surface area contributed by atoms with Gasteiger partial charge in [-0.05, 0) is 76.2 Å². The van der Waals surface area contributed by atoms with E-state index in [-0.39, 0.29) is 24.8 Å². The lowest BCUT2D eigenvalue weighted by Gasteiger charge is -2.22. The Labute approximate surface area is 199 Å². The maximum Gasteiger partial charge on any atom is 0.133 e. The van der Waals surface area contributed by atoms with Crippen molar-refractivity contribution in [1.82, 2.24) is 0 Å². The van der Waals surface area contributed by atoms with Crippen molar-refractivity contribution in [1.29, 1.82) is 0 Å². The quantitative estimate of drug-likeness (QED) is 0.272. The van der Waals surface area contributed by atoms with Crippen molar-refractivity contribution in [2.24, 2.45) is 31.7 Å². The minimum atomic E-state index is -0.822. The number of amidine groups is 2. The Hall–Kier alpha value is -1.86. The van der Waals surface area contributed by atoms with Crippen LogP contribution in [0, 0.1) is 0 Å². The van der Waals surface area contributed by atoms with E-state index >= 15 is 0 Å². The first-order valence-electron chi connectivity index (χ1n) is 8.64. The zero-order chi connectivity index (χ0) is 20.9. The van der Waals surface area contributed by atoms with Gasteiger partial charge in [0.05, 0.1) is 11.4 Å². The van der Waals surface area contributed by atoms with Crippen LogP contribution >= 0.6 is 48.0 Å². The number of hydrogen-bond acceptors (Lipinski definition) is 4. The van der Waals surface area contributed by atoms with Crippen LogP contribution in [-0.2, 0) is 0 Å². The number of rotatable bonds is 6. The standard InChI is InChI=1S/C20H24Cl2N6.2ClH/c1-19(2,17(23)25-15-9-5-13(21)6-10-15)27-28-20(3,4)18(24)26-16-11-7-14(22)8-12-16;;/h5-12H,1-4H3,(H2,23,25)(H2,24,26);2*1H. The summed E-state index contributed by atoms with van der Waals surface area (Å²) in [6, 6.07) is 14.1. The van der Waals surface area contributed by atoms with Gasteiger partial charge in [0.25, 0.3) is 0 Å². The predicted octanol–water partition coefficient (Wildman–Crippen LogP) is 6.52. The highest BCUT2D eigenvalue weighted by molar-refractivity contribution is 6.30. The summed E-state index contributed by atoms with van der Waals surface area (Å²) in [7, 11) is 0. The summed E-state index contributed by atoms with van der Waals surface area (Å²) in [4.78, 5) is 8.80. The highest BCUT2D eigenvalue weighted by atomic mass is 35.5. The third-order valence-electron chi connectivity index (χ3n) is 3.96. The smallest absolute Gasteiger partial charge is 0.133 e. The van der Waals surface area contributed by atoms with Gasteiger partial charge >= 0.3 is 0 Å². The molecule has 0 aliphatic heterocycles. The van der Waals surface area contributed by atoms with Gasteiger partial charge in [-0.3, -0.25) is 0 Å². The number of halogens is 4. The Kier molecular flexibility index (Phi) is 10.8. The predicted molar refractivity (Wildman–Crippen MR) is 133 cm³/mol. The molecule has 0 heterocycles. The van der Waals surface area contributed by atoms with Crippen molar-refractivity contribution < 1.29 is 0 Å². The molecule has 164 valence electrons. The largest absolute Gasteiger partial charge is 0.385 e. The Morgan fingerprint density at radius 1 is 0.633 bits per heavy atom. The maximum atomic E-state index is 6.15. The molecule has 0 unspecified atom stereocenters. The molecule has 2 aromatic rings. The summed E-state index contributed by atoms with van der Waals surface area (Å²) in [6.45, 7) is 7.31. The molecule has 0 aromatic heterocycles. The van der Waals surface area contributed by atoms with E-state index in [9.17, 15) is 0 Å². The van der Waals surface area contributed by atoms with E-state index in [0.29, 0.717) is 33.1 Å². The first-order valence-corrected chi connectivity index (χ1v) is 9.40. The van der Waals surface area contributed by atoms with Crippen molar-refractivity contribution >= 4 is 71.1 Å². The van der Waals surface area contributed by atoms with E-state index in [2.05, 4.69) is 20.2 Å². The molecule has 0 fully saturated rings. The number of benzene rings is 2. The molecule has 0 atom stereocenters. The van der Waals surface area contributed by atoms with Crippen molar-refractivity contribution in [3.63, 3.8) is 0 Å². The number of nitrogens with zero attached hydrogens (tertiary/aromatic N) is 4. The molecule has 0 spiro atoms. The molecule has 10 heteroatoms. The van der Waals surface area contributed by atoms with Crippen molar-refractivity contribution in [3.8, 4) is 0 Å². The SMILES string of the molecule is CC(C)(N=NC(C)(C)C(N)=Nc1ccc(Cl)cc1)C(N)=Nc1ccc(Cl)cc1.Cl.Cl. The molecule has 30 heavy (non-hydrogen) atoms. The molecule has 4 N–H and O–H groups in total. The second kappa shape index (κ2) is 11.5. The van der Waals surface area contributed by atoms with Crippen molar-refractivity contribution in [3.05, 3.63) is 58.6 Å². The van der Waals surface area contributed by atoms with Gasteiger partial charge in [0, 0.05) is 10.0 Å². The van der Waals surface area contributed by atoms with E-state index in [4.69, 9.17) is 34.7 Å². The lowest BCUT2D eigenvalue weighted by molar-refractivity contribution is 0.560. The van der Waals surface area contributed by atoms with Crippen LogP contribution in [0.3, 0.4) is 0 Å². The highest BCUT2D eigenvalue weighted by Gasteiger charge is 2.27. The van der Waals surface area contributed by atoms with Gasteiger partial charge in [-0.15, -0.1) is 24.8 Å². The monoisotopic (exact) mass is 490 g/mol. The average molecular weight is 492 g/mol. The summed E-state index contributed by atoms with van der Waals surface area (Å²) in [5.74, 6) is 0.644. The molecule has 0 radical (unpaired) electrons. The molecule has 0 aliphatic rings. The van der Waals surface area contributed by atoms with Gasteiger partial charge in [0.1, 0.15) is 22.7 Å². The lowest BCUT2D eigenvalue weighted by Crippen LogP contribution is -2.39. The second-order valence-electron chi connectivity index (χ2n) is 7.26. The van der Waals surface area contributed by atoms with Crippen LogP contribution in [-0.4, -0.2) is 22.7 Å². The van der Waals surface area contributed by atoms with Gasteiger partial charge < -0.3 is 11.5 Å². The van der Waals surface area contributed by atoms with Crippen molar-refractivity contribution in [2.75, 3.05) is 0 Å². The fourth-order valence-corrected chi connectivity index (χ4v) is 2.19. The molecule has 0 amide bonds. The van der Waals surface area contributed by atoms with E-state index in [1.165, 1.54) is 0 Å². The van der Waals surface area contributed by atoms with Gasteiger partial charge in [-0.2, -0.15) is 10.2 Å². The van der Waals surface area contributed by atoms with Crippen LogP contribution in [0.15, 0.2) is 68.7 Å². The Morgan fingerprint density at radius 2 is 0.900 bits per heavy atom. The first-order chi connectivity index (χ1) is 13.0. The molecule has 0 aliphatic carbocycles. The lowest BCUT2D eigenvalue weighted by atomic mass is 10.0. The van der Waals surface area contributed by atoms with Gasteiger partial charge in [0.2, 0.25) is 0 Å². The van der Waals surface area contributed by atoms with Crippen LogP contribution in [0.4, 0.5) is 11.4 Å². The van der Waals surface area contributed by atoms with Crippen LogP contribution in [0.5, 0.6) is 0 Å². The number of hydrogen-bond donors (Lipinski definition) is 2. The van der Waals surface area contributed by atoms with Crippen LogP contribution < -0.4 is 11.5 Å². The normalized spacial score (nSPS) is 13.0. The van der Waals surface area contributed by atoms with Gasteiger partial charge in [-0.1, -0.05) is 23.2 Å². The fourth-order valence-electron chi connectivity index (χ4n) is 1.94. The molecule has 0 saturated heterocycles. The van der Waals surface area contributed by atoms with E-state index < -0.39 is 11.1 Å². The zero-order valence-corrected chi connectivity index (χ0v) is 20.3. The molecule has 0 bridgehead atoms. The summed E-state index contributed by atoms with van der Waals surface area (Å²) in [5.41, 5.74) is 12.0. The highest BCUT2D eigenvalue weighted by Crippen LogP contribution is 2.22. The van der Waals surface area contributed by atoms with Crippen molar-refractivity contribution in [2.45, 2.75) is 38.8 Å². The van der Waals surface area contributed by atoms with Crippen LogP contribution in [0.2, 0.25) is 10.0 Å². The third-order valence-corrected chi connectivity index (χ3v) is 4.46. The maximum absolute atomic E-state index is 6.15. The summed E-state index contributed by atoms with van der Waals surface area (Å²) in [5, 5.41) is 10.0. The minimum absolute atomic E-state index is 0. The first kappa shape index (κ1) is 28.1. The van der Waals surface area contributed by atoms with E-state index in [0.717, 1.165) is 0 Å². The Balaban J connectivity index is 0.00000420. The average Bonchev–Trinajstić information content (AvgIpc) is 2.64. The van der Waals surface area contributed by atoms with Crippen LogP contribution in [0.1, 0.15) is 27.7 Å². The topological polar surface area (TPSA) is 101 Å². The fraction of sp³-hybridized carbons (Fsp3) is 0.300. The molecule has 6 nitrogen and oxygen atoms in total. The molecular formula is C20H26Cl4N6.